The molecule has 5 heteroatoms. The number of halogens is 2. The molecule has 0 aliphatic heterocycles. The van der Waals surface area contributed by atoms with Gasteiger partial charge in [-0.15, -0.1) is 0 Å². The molecule has 0 atom stereocenters. The molecule has 0 aliphatic carbocycles. The molecule has 1 N–H and O–H groups in total. The third-order valence-corrected chi connectivity index (χ3v) is 0. The van der Waals surface area contributed by atoms with Crippen LogP contribution in [-0.4, -0.2) is 11.1 Å². The van der Waals surface area contributed by atoms with Gasteiger partial charge in [-0.3, -0.25) is 4.79 Å². The van der Waals surface area contributed by atoms with E-state index in [1.54, 1.807) is 0 Å². The Morgan fingerprint density at radius 3 is 1.43 bits per heavy atom. The fourth-order valence-corrected chi connectivity index (χ4v) is 0. The van der Waals surface area contributed by atoms with E-state index in [1.165, 1.54) is 0 Å². The Labute approximate surface area is 65.0 Å². The van der Waals surface area contributed by atoms with Crippen molar-refractivity contribution in [3.05, 3.63) is 0 Å². The second-order valence-corrected chi connectivity index (χ2v) is 0.519. The molecule has 0 saturated heterocycles. The Morgan fingerprint density at radius 2 is 1.43 bits per heavy atom. The molecule has 46 valence electrons. The van der Waals surface area contributed by atoms with Crippen LogP contribution in [0.15, 0.2) is 0 Å². The molecule has 0 heterocycles. The topological polar surface area (TPSA) is 37.3 Å². The third kappa shape index (κ3) is 423. The number of hydrogen-bond donors (Lipinski definition) is 1. The first-order valence-corrected chi connectivity index (χ1v) is 0.928. The molecule has 0 aromatic carbocycles. The molecule has 0 bridgehead atoms. The van der Waals surface area contributed by atoms with Gasteiger partial charge in [-0.1, -0.05) is 0 Å². The van der Waals surface area contributed by atoms with Crippen molar-refractivity contribution in [1.29, 1.82) is 0 Å². The minimum Gasteiger partial charge on any atom is -1.00 e. The largest absolute Gasteiger partial charge is 2.00 e. The van der Waals surface area contributed by atoms with E-state index in [2.05, 4.69) is 0 Å². The Hall–Kier alpha value is 0.569. The van der Waals surface area contributed by atoms with Crippen molar-refractivity contribution in [3.8, 4) is 0 Å². The van der Waals surface area contributed by atoms with E-state index in [9.17, 15) is 0 Å². The fraction of sp³-hybridized carbons (Fsp3) is 0.500. The summed E-state index contributed by atoms with van der Waals surface area (Å²) in [5.74, 6) is -0.833. The van der Waals surface area contributed by atoms with Crippen LogP contribution in [0.2, 0.25) is 0 Å². The van der Waals surface area contributed by atoms with Crippen LogP contribution < -0.4 is 24.8 Å². The third-order valence-electron chi connectivity index (χ3n) is 0. The number of carboxylic acid groups (broad SMARTS) is 1. The molecule has 0 spiro atoms. The van der Waals surface area contributed by atoms with Gasteiger partial charge in [-0.05, 0) is 0 Å². The minimum atomic E-state index is -0.833. The molecule has 0 aromatic rings. The van der Waals surface area contributed by atoms with E-state index in [4.69, 9.17) is 9.90 Å². The average Bonchev–Trinajstić information content (AvgIpc) is 0.811. The molecule has 0 amide bonds. The second-order valence-electron chi connectivity index (χ2n) is 0.519. The summed E-state index contributed by atoms with van der Waals surface area (Å²) >= 11 is 0. The van der Waals surface area contributed by atoms with Gasteiger partial charge < -0.3 is 29.9 Å². The Bertz CT molecular complexity index is 36.7. The summed E-state index contributed by atoms with van der Waals surface area (Å²) in [6.45, 7) is 1.08. The van der Waals surface area contributed by atoms with Crippen molar-refractivity contribution in [3.63, 3.8) is 0 Å². The summed E-state index contributed by atoms with van der Waals surface area (Å²) < 4.78 is 0. The van der Waals surface area contributed by atoms with Gasteiger partial charge in [-0.25, -0.2) is 0 Å². The molecule has 0 aliphatic rings. The summed E-state index contributed by atoms with van der Waals surface area (Å²) in [5, 5.41) is 7.42. The molecule has 0 aromatic heterocycles. The van der Waals surface area contributed by atoms with E-state index >= 15 is 0 Å². The maximum atomic E-state index is 9.00. The van der Waals surface area contributed by atoms with E-state index in [0.29, 0.717) is 0 Å². The van der Waals surface area contributed by atoms with Crippen LogP contribution in [0.5, 0.6) is 0 Å². The first kappa shape index (κ1) is 25.6. The SMILES string of the molecule is CC(=O)O.[Cl-].[Cl-].[Fe+2]. The van der Waals surface area contributed by atoms with Crippen LogP contribution in [0.3, 0.4) is 0 Å². The van der Waals surface area contributed by atoms with Gasteiger partial charge in [0.1, 0.15) is 0 Å². The first-order valence-electron chi connectivity index (χ1n) is 0.928. The maximum Gasteiger partial charge on any atom is 2.00 e. The number of carbonyl (C=O) groups is 1. The van der Waals surface area contributed by atoms with Crippen LogP contribution in [0, 0.1) is 0 Å². The molecule has 0 fully saturated rings. The van der Waals surface area contributed by atoms with Gasteiger partial charge in [0.25, 0.3) is 5.97 Å². The molecular weight excluding hydrogens is 183 g/mol. The Morgan fingerprint density at radius 1 is 1.43 bits per heavy atom. The monoisotopic (exact) mass is 186 g/mol. The smallest absolute Gasteiger partial charge is 1.00 e. The summed E-state index contributed by atoms with van der Waals surface area (Å²) in [4.78, 5) is 9.00. The zero-order chi connectivity index (χ0) is 3.58. The summed E-state index contributed by atoms with van der Waals surface area (Å²) in [6.07, 6.45) is 0. The van der Waals surface area contributed by atoms with E-state index < -0.39 is 5.97 Å². The van der Waals surface area contributed by atoms with Gasteiger partial charge in [-0.2, -0.15) is 0 Å². The van der Waals surface area contributed by atoms with Crippen molar-refractivity contribution < 1.29 is 51.8 Å². The Kier molecular flexibility index (Phi) is 58.6. The van der Waals surface area contributed by atoms with Crippen LogP contribution in [0.25, 0.3) is 0 Å². The quantitative estimate of drug-likeness (QED) is 0.383. The van der Waals surface area contributed by atoms with Crippen LogP contribution in [0.1, 0.15) is 6.92 Å². The van der Waals surface area contributed by atoms with Crippen molar-refractivity contribution >= 4 is 5.97 Å². The molecule has 0 unspecified atom stereocenters. The average molecular weight is 187 g/mol. The van der Waals surface area contributed by atoms with Crippen molar-refractivity contribution in [2.24, 2.45) is 0 Å². The second kappa shape index (κ2) is 16.0. The predicted octanol–water partition coefficient (Wildman–Crippen LogP) is -5.90. The predicted molar refractivity (Wildman–Crippen MR) is 13.3 cm³/mol. The molecule has 2 nitrogen and oxygen atoms in total. The van der Waals surface area contributed by atoms with Crippen LogP contribution >= 0.6 is 0 Å². The number of rotatable bonds is 0. The van der Waals surface area contributed by atoms with Crippen molar-refractivity contribution in [2.45, 2.75) is 6.92 Å². The molecule has 0 rings (SSSR count). The molecule has 0 saturated carbocycles. The van der Waals surface area contributed by atoms with E-state index in [-0.39, 0.29) is 41.9 Å². The first-order chi connectivity index (χ1) is 1.73. The molecular formula is C2H4Cl2FeO2. The van der Waals surface area contributed by atoms with Crippen molar-refractivity contribution in [1.82, 2.24) is 0 Å². The zero-order valence-corrected chi connectivity index (χ0v) is 6.08. The number of hydrogen-bond acceptors (Lipinski definition) is 1. The number of aliphatic carboxylic acids is 1. The van der Waals surface area contributed by atoms with E-state index in [0.717, 1.165) is 6.92 Å². The maximum absolute atomic E-state index is 9.00. The van der Waals surface area contributed by atoms with Gasteiger partial charge >= 0.3 is 17.1 Å². The standard InChI is InChI=1S/C2H4O2.2ClH.Fe/c1-2(3)4;;;/h1H3,(H,3,4);2*1H;/q;;;+2/p-2. The summed E-state index contributed by atoms with van der Waals surface area (Å²) in [5.41, 5.74) is 0. The van der Waals surface area contributed by atoms with E-state index in [1.807, 2.05) is 0 Å². The Balaban J connectivity index is -0.0000000150. The normalized spacial score (nSPS) is 3.57. The van der Waals surface area contributed by atoms with Gasteiger partial charge in [0.15, 0.2) is 0 Å². The van der Waals surface area contributed by atoms with Gasteiger partial charge in [0.2, 0.25) is 0 Å². The summed E-state index contributed by atoms with van der Waals surface area (Å²) in [7, 11) is 0. The molecule has 7 heavy (non-hydrogen) atoms. The van der Waals surface area contributed by atoms with Crippen molar-refractivity contribution in [2.75, 3.05) is 0 Å². The fourth-order valence-electron chi connectivity index (χ4n) is 0. The summed E-state index contributed by atoms with van der Waals surface area (Å²) in [6, 6.07) is 0. The van der Waals surface area contributed by atoms with Gasteiger partial charge in [0.05, 0.1) is 0 Å². The number of carboxylic acids is 1. The van der Waals surface area contributed by atoms with Crippen LogP contribution in [0.4, 0.5) is 0 Å². The van der Waals surface area contributed by atoms with Crippen LogP contribution in [-0.2, 0) is 21.9 Å². The molecule has 0 radical (unpaired) electrons. The minimum absolute atomic E-state index is 0. The zero-order valence-electron chi connectivity index (χ0n) is 3.46. The van der Waals surface area contributed by atoms with Gasteiger partial charge in [0, 0.05) is 6.92 Å².